The van der Waals surface area contributed by atoms with Crippen LogP contribution in [-0.4, -0.2) is 62.3 Å². The van der Waals surface area contributed by atoms with Crippen molar-refractivity contribution in [2.45, 2.75) is 78.0 Å². The third-order valence-electron chi connectivity index (χ3n) is 4.38. The molecule has 0 unspecified atom stereocenters. The van der Waals surface area contributed by atoms with E-state index >= 15 is 0 Å². The SMILES string of the molecule is CC(=O)OC[C@H]1O[C@H](OCCCCCCN)[C@@H](C)[C@@H](OC(C)=O)[C@@H]1OC(C)=O. The molecule has 9 heteroatoms. The van der Waals surface area contributed by atoms with Crippen molar-refractivity contribution in [3.05, 3.63) is 0 Å². The summed E-state index contributed by atoms with van der Waals surface area (Å²) in [7, 11) is 0. The molecule has 0 radical (unpaired) electrons. The molecule has 0 spiro atoms. The highest BCUT2D eigenvalue weighted by atomic mass is 16.7. The van der Waals surface area contributed by atoms with E-state index in [2.05, 4.69) is 0 Å². The predicted octanol–water partition coefficient (Wildman–Crippen LogP) is 1.31. The molecule has 1 rings (SSSR count). The van der Waals surface area contributed by atoms with Gasteiger partial charge in [-0.3, -0.25) is 14.4 Å². The van der Waals surface area contributed by atoms with Crippen LogP contribution in [0.2, 0.25) is 0 Å². The van der Waals surface area contributed by atoms with Gasteiger partial charge in [-0.1, -0.05) is 19.8 Å². The molecule has 9 nitrogen and oxygen atoms in total. The van der Waals surface area contributed by atoms with Crippen LogP contribution in [0.15, 0.2) is 0 Å². The summed E-state index contributed by atoms with van der Waals surface area (Å²) in [6.45, 7) is 6.59. The lowest BCUT2D eigenvalue weighted by atomic mass is 9.92. The van der Waals surface area contributed by atoms with E-state index in [0.717, 1.165) is 25.7 Å². The van der Waals surface area contributed by atoms with Gasteiger partial charge in [-0.05, 0) is 19.4 Å². The first kappa shape index (κ1) is 24.3. The fourth-order valence-electron chi connectivity index (χ4n) is 3.06. The molecule has 2 N–H and O–H groups in total. The Kier molecular flexibility index (Phi) is 11.0. The molecule has 0 bridgehead atoms. The van der Waals surface area contributed by atoms with E-state index < -0.39 is 42.5 Å². The van der Waals surface area contributed by atoms with Crippen molar-refractivity contribution in [2.24, 2.45) is 11.7 Å². The summed E-state index contributed by atoms with van der Waals surface area (Å²) in [5, 5.41) is 0. The molecule has 1 heterocycles. The van der Waals surface area contributed by atoms with Gasteiger partial charge < -0.3 is 29.4 Å². The first-order chi connectivity index (χ1) is 13.3. The maximum Gasteiger partial charge on any atom is 0.303 e. The van der Waals surface area contributed by atoms with Gasteiger partial charge in [0.25, 0.3) is 0 Å². The van der Waals surface area contributed by atoms with Crippen LogP contribution >= 0.6 is 0 Å². The molecule has 0 aromatic heterocycles. The lowest BCUT2D eigenvalue weighted by Gasteiger charge is -2.43. The fourth-order valence-corrected chi connectivity index (χ4v) is 3.06. The zero-order valence-electron chi connectivity index (χ0n) is 17.2. The number of hydrogen-bond donors (Lipinski definition) is 1. The normalized spacial score (nSPS) is 27.1. The Hall–Kier alpha value is -1.71. The summed E-state index contributed by atoms with van der Waals surface area (Å²) in [6, 6.07) is 0. The summed E-state index contributed by atoms with van der Waals surface area (Å²) in [5.41, 5.74) is 5.48. The molecule has 0 saturated carbocycles. The van der Waals surface area contributed by atoms with Gasteiger partial charge in [0.1, 0.15) is 18.8 Å². The van der Waals surface area contributed by atoms with E-state index in [1.165, 1.54) is 20.8 Å². The van der Waals surface area contributed by atoms with Gasteiger partial charge in [0.15, 0.2) is 12.4 Å². The topological polar surface area (TPSA) is 123 Å². The smallest absolute Gasteiger partial charge is 0.303 e. The van der Waals surface area contributed by atoms with Crippen LogP contribution in [0.4, 0.5) is 0 Å². The quantitative estimate of drug-likeness (QED) is 0.309. The molecule has 0 aromatic carbocycles. The van der Waals surface area contributed by atoms with Crippen molar-refractivity contribution in [3.63, 3.8) is 0 Å². The van der Waals surface area contributed by atoms with E-state index in [0.29, 0.717) is 13.2 Å². The van der Waals surface area contributed by atoms with Gasteiger partial charge in [-0.15, -0.1) is 0 Å². The minimum atomic E-state index is -0.903. The zero-order chi connectivity index (χ0) is 21.1. The standard InChI is InChI=1S/C19H33NO8/c1-12-17(26-14(3)22)18(27-15(4)23)16(11-25-13(2)21)28-19(12)24-10-8-6-5-7-9-20/h12,16-19H,5-11,20H2,1-4H3/t12-,16+,17+,18+,19-/m0/s1. The number of rotatable bonds is 11. The molecular weight excluding hydrogens is 370 g/mol. The van der Waals surface area contributed by atoms with Crippen LogP contribution in [0, 0.1) is 5.92 Å². The van der Waals surface area contributed by atoms with Crippen molar-refractivity contribution in [1.82, 2.24) is 0 Å². The molecule has 1 saturated heterocycles. The summed E-state index contributed by atoms with van der Waals surface area (Å²) < 4.78 is 27.6. The van der Waals surface area contributed by atoms with E-state index in [4.69, 9.17) is 29.4 Å². The van der Waals surface area contributed by atoms with E-state index in [-0.39, 0.29) is 12.5 Å². The number of carbonyl (C=O) groups excluding carboxylic acids is 3. The van der Waals surface area contributed by atoms with Gasteiger partial charge in [-0.2, -0.15) is 0 Å². The third-order valence-corrected chi connectivity index (χ3v) is 4.38. The van der Waals surface area contributed by atoms with Crippen LogP contribution in [0.1, 0.15) is 53.4 Å². The summed E-state index contributed by atoms with van der Waals surface area (Å²) in [4.78, 5) is 34.3. The second-order valence-corrected chi connectivity index (χ2v) is 6.93. The molecule has 0 aromatic rings. The monoisotopic (exact) mass is 403 g/mol. The number of hydrogen-bond acceptors (Lipinski definition) is 9. The summed E-state index contributed by atoms with van der Waals surface area (Å²) in [6.07, 6.45) is 0.644. The highest BCUT2D eigenvalue weighted by Crippen LogP contribution is 2.31. The molecule has 162 valence electrons. The van der Waals surface area contributed by atoms with Crippen molar-refractivity contribution >= 4 is 17.9 Å². The highest BCUT2D eigenvalue weighted by molar-refractivity contribution is 5.67. The van der Waals surface area contributed by atoms with Gasteiger partial charge in [0, 0.05) is 33.3 Å². The van der Waals surface area contributed by atoms with Gasteiger partial charge in [-0.25, -0.2) is 0 Å². The first-order valence-corrected chi connectivity index (χ1v) is 9.71. The maximum atomic E-state index is 11.6. The Labute approximate surface area is 166 Å². The van der Waals surface area contributed by atoms with Crippen molar-refractivity contribution < 1.29 is 38.1 Å². The van der Waals surface area contributed by atoms with E-state index in [9.17, 15) is 14.4 Å². The zero-order valence-corrected chi connectivity index (χ0v) is 17.2. The van der Waals surface area contributed by atoms with Crippen molar-refractivity contribution in [2.75, 3.05) is 19.8 Å². The van der Waals surface area contributed by atoms with E-state index in [1.54, 1.807) is 6.92 Å². The Balaban J connectivity index is 2.83. The Bertz CT molecular complexity index is 512. The van der Waals surface area contributed by atoms with Gasteiger partial charge in [0.05, 0.1) is 0 Å². The molecule has 0 aliphatic carbocycles. The maximum absolute atomic E-state index is 11.6. The summed E-state index contributed by atoms with van der Waals surface area (Å²) in [5.74, 6) is -1.94. The Morgan fingerprint density at radius 3 is 2.07 bits per heavy atom. The van der Waals surface area contributed by atoms with Gasteiger partial charge >= 0.3 is 17.9 Å². The Morgan fingerprint density at radius 2 is 1.50 bits per heavy atom. The van der Waals surface area contributed by atoms with Crippen LogP contribution in [0.3, 0.4) is 0 Å². The van der Waals surface area contributed by atoms with Gasteiger partial charge in [0.2, 0.25) is 0 Å². The lowest BCUT2D eigenvalue weighted by Crippen LogP contribution is -2.58. The molecule has 1 aliphatic rings. The molecule has 0 amide bonds. The number of nitrogens with two attached hydrogens (primary N) is 1. The average Bonchev–Trinajstić information content (AvgIpc) is 2.60. The number of ether oxygens (including phenoxy) is 5. The summed E-state index contributed by atoms with van der Waals surface area (Å²) >= 11 is 0. The fraction of sp³-hybridized carbons (Fsp3) is 0.842. The van der Waals surface area contributed by atoms with Crippen molar-refractivity contribution in [1.29, 1.82) is 0 Å². The predicted molar refractivity (Wildman–Crippen MR) is 99.0 cm³/mol. The average molecular weight is 403 g/mol. The molecule has 5 atom stereocenters. The van der Waals surface area contributed by atoms with Crippen LogP contribution in [0.5, 0.6) is 0 Å². The molecule has 1 aliphatic heterocycles. The number of esters is 3. The second kappa shape index (κ2) is 12.7. The van der Waals surface area contributed by atoms with Crippen LogP contribution < -0.4 is 5.73 Å². The molecule has 1 fully saturated rings. The minimum absolute atomic E-state index is 0.145. The highest BCUT2D eigenvalue weighted by Gasteiger charge is 2.48. The largest absolute Gasteiger partial charge is 0.463 e. The lowest BCUT2D eigenvalue weighted by molar-refractivity contribution is -0.288. The van der Waals surface area contributed by atoms with Crippen molar-refractivity contribution in [3.8, 4) is 0 Å². The molecule has 28 heavy (non-hydrogen) atoms. The first-order valence-electron chi connectivity index (χ1n) is 9.71. The second-order valence-electron chi connectivity index (χ2n) is 6.93. The minimum Gasteiger partial charge on any atom is -0.463 e. The van der Waals surface area contributed by atoms with Crippen LogP contribution in [0.25, 0.3) is 0 Å². The number of unbranched alkanes of at least 4 members (excludes halogenated alkanes) is 3. The van der Waals surface area contributed by atoms with Crippen LogP contribution in [-0.2, 0) is 38.1 Å². The molecular formula is C19H33NO8. The Morgan fingerprint density at radius 1 is 0.893 bits per heavy atom. The van der Waals surface area contributed by atoms with E-state index in [1.807, 2.05) is 0 Å². The third kappa shape index (κ3) is 8.53. The number of carbonyl (C=O) groups is 3.